The summed E-state index contributed by atoms with van der Waals surface area (Å²) in [6.45, 7) is 7.60. The van der Waals surface area contributed by atoms with E-state index in [1.807, 2.05) is 32.3 Å². The van der Waals surface area contributed by atoms with Crippen molar-refractivity contribution in [1.82, 2.24) is 25.0 Å². The van der Waals surface area contributed by atoms with E-state index in [0.29, 0.717) is 19.8 Å². The Morgan fingerprint density at radius 1 is 1.37 bits per heavy atom. The number of hydrogen-bond donors (Lipinski definition) is 2. The molecule has 1 fully saturated rings. The van der Waals surface area contributed by atoms with E-state index in [1.54, 1.807) is 10.9 Å². The molecule has 1 atom stereocenters. The molecule has 2 aromatic rings. The lowest BCUT2D eigenvalue weighted by Crippen LogP contribution is -2.44. The average Bonchev–Trinajstić information content (AvgIpc) is 2.96. The second-order valence-electron chi connectivity index (χ2n) is 6.68. The van der Waals surface area contributed by atoms with Gasteiger partial charge in [0.05, 0.1) is 24.9 Å². The van der Waals surface area contributed by atoms with Crippen LogP contribution in [-0.4, -0.2) is 58.5 Å². The first-order chi connectivity index (χ1) is 13.1. The molecule has 3 rings (SSSR count). The molecule has 146 valence electrons. The van der Waals surface area contributed by atoms with Crippen molar-refractivity contribution in [2.45, 2.75) is 26.3 Å². The Kier molecular flexibility index (Phi) is 6.41. The van der Waals surface area contributed by atoms with Crippen LogP contribution in [0.3, 0.4) is 0 Å². The third kappa shape index (κ3) is 4.64. The lowest BCUT2D eigenvalue weighted by atomic mass is 10.1. The highest BCUT2D eigenvalue weighted by Crippen LogP contribution is 2.21. The van der Waals surface area contributed by atoms with Crippen molar-refractivity contribution in [3.05, 3.63) is 41.3 Å². The monoisotopic (exact) mass is 372 g/mol. The van der Waals surface area contributed by atoms with Gasteiger partial charge in [0.1, 0.15) is 5.82 Å². The van der Waals surface area contributed by atoms with Crippen molar-refractivity contribution in [3.8, 4) is 0 Å². The normalized spacial score (nSPS) is 16.1. The standard InChI is InChI=1S/C19H28N6O2/c1-4-16-14(2)23-24(3)18(16)22-19(26)21-13-17(15-6-5-7-20-12-15)25-8-10-27-11-9-25/h5-7,12,17H,4,8-11,13H2,1-3H3,(H2,21,22,26)/t17-/m1/s1. The first-order valence-corrected chi connectivity index (χ1v) is 9.39. The number of pyridine rings is 1. The summed E-state index contributed by atoms with van der Waals surface area (Å²) in [6, 6.07) is 3.81. The Morgan fingerprint density at radius 3 is 2.81 bits per heavy atom. The maximum absolute atomic E-state index is 12.5. The van der Waals surface area contributed by atoms with Crippen LogP contribution in [0.2, 0.25) is 0 Å². The number of anilines is 1. The number of carbonyl (C=O) groups excluding carboxylic acids is 1. The van der Waals surface area contributed by atoms with Gasteiger partial charge in [0.25, 0.3) is 0 Å². The summed E-state index contributed by atoms with van der Waals surface area (Å²) in [5.41, 5.74) is 3.09. The summed E-state index contributed by atoms with van der Waals surface area (Å²) in [4.78, 5) is 19.1. The molecule has 0 aromatic carbocycles. The molecule has 8 nitrogen and oxygen atoms in total. The largest absolute Gasteiger partial charge is 0.379 e. The molecular weight excluding hydrogens is 344 g/mol. The average molecular weight is 372 g/mol. The number of nitrogens with one attached hydrogen (secondary N) is 2. The molecule has 8 heteroatoms. The molecule has 0 spiro atoms. The first kappa shape index (κ1) is 19.3. The van der Waals surface area contributed by atoms with Gasteiger partial charge in [0.2, 0.25) is 0 Å². The van der Waals surface area contributed by atoms with Crippen LogP contribution in [0.1, 0.15) is 29.8 Å². The van der Waals surface area contributed by atoms with Gasteiger partial charge in [-0.1, -0.05) is 13.0 Å². The molecule has 0 radical (unpaired) electrons. The summed E-state index contributed by atoms with van der Waals surface area (Å²) < 4.78 is 7.18. The van der Waals surface area contributed by atoms with E-state index in [0.717, 1.165) is 42.1 Å². The Balaban J connectivity index is 1.67. The van der Waals surface area contributed by atoms with Crippen molar-refractivity contribution in [1.29, 1.82) is 0 Å². The summed E-state index contributed by atoms with van der Waals surface area (Å²) in [5, 5.41) is 10.4. The lowest BCUT2D eigenvalue weighted by molar-refractivity contribution is 0.0167. The topological polar surface area (TPSA) is 84.3 Å². The second kappa shape index (κ2) is 8.96. The number of carbonyl (C=O) groups is 1. The minimum Gasteiger partial charge on any atom is -0.379 e. The number of ether oxygens (including phenoxy) is 1. The van der Waals surface area contributed by atoms with Crippen molar-refractivity contribution in [3.63, 3.8) is 0 Å². The van der Waals surface area contributed by atoms with E-state index in [2.05, 4.69) is 32.5 Å². The Hall–Kier alpha value is -2.45. The molecule has 0 aliphatic carbocycles. The van der Waals surface area contributed by atoms with Gasteiger partial charge in [0, 0.05) is 44.6 Å². The number of aryl methyl sites for hydroxylation is 2. The fraction of sp³-hybridized carbons (Fsp3) is 0.526. The van der Waals surface area contributed by atoms with E-state index < -0.39 is 0 Å². The highest BCUT2D eigenvalue weighted by molar-refractivity contribution is 5.89. The molecule has 0 unspecified atom stereocenters. The molecule has 0 saturated carbocycles. The van der Waals surface area contributed by atoms with Crippen molar-refractivity contribution < 1.29 is 9.53 Å². The van der Waals surface area contributed by atoms with Crippen LogP contribution in [0.25, 0.3) is 0 Å². The van der Waals surface area contributed by atoms with Gasteiger partial charge in [-0.05, 0) is 25.0 Å². The summed E-state index contributed by atoms with van der Waals surface area (Å²) in [6.07, 6.45) is 4.44. The number of urea groups is 1. The molecule has 1 aliphatic heterocycles. The van der Waals surface area contributed by atoms with Gasteiger partial charge in [0.15, 0.2) is 0 Å². The zero-order valence-electron chi connectivity index (χ0n) is 16.2. The predicted molar refractivity (Wildman–Crippen MR) is 104 cm³/mol. The van der Waals surface area contributed by atoms with E-state index >= 15 is 0 Å². The van der Waals surface area contributed by atoms with Crippen molar-refractivity contribution in [2.24, 2.45) is 7.05 Å². The van der Waals surface area contributed by atoms with Crippen LogP contribution >= 0.6 is 0 Å². The van der Waals surface area contributed by atoms with Gasteiger partial charge < -0.3 is 10.1 Å². The van der Waals surface area contributed by atoms with E-state index in [-0.39, 0.29) is 12.1 Å². The zero-order valence-corrected chi connectivity index (χ0v) is 16.2. The molecule has 2 aromatic heterocycles. The number of aromatic nitrogens is 3. The van der Waals surface area contributed by atoms with Crippen LogP contribution < -0.4 is 10.6 Å². The second-order valence-corrected chi connectivity index (χ2v) is 6.68. The smallest absolute Gasteiger partial charge is 0.320 e. The number of rotatable bonds is 6. The lowest BCUT2D eigenvalue weighted by Gasteiger charge is -2.34. The van der Waals surface area contributed by atoms with E-state index in [1.165, 1.54) is 0 Å². The molecule has 2 amide bonds. The number of nitrogens with zero attached hydrogens (tertiary/aromatic N) is 4. The first-order valence-electron chi connectivity index (χ1n) is 9.39. The van der Waals surface area contributed by atoms with E-state index in [4.69, 9.17) is 4.74 Å². The third-order valence-electron chi connectivity index (χ3n) is 4.94. The SMILES string of the molecule is CCc1c(C)nn(C)c1NC(=O)NC[C@H](c1cccnc1)N1CCOCC1. The maximum atomic E-state index is 12.5. The zero-order chi connectivity index (χ0) is 19.2. The minimum atomic E-state index is -0.227. The van der Waals surface area contributed by atoms with Crippen molar-refractivity contribution in [2.75, 3.05) is 38.2 Å². The van der Waals surface area contributed by atoms with Gasteiger partial charge in [-0.25, -0.2) is 4.79 Å². The molecular formula is C19H28N6O2. The van der Waals surface area contributed by atoms with Gasteiger partial charge in [-0.2, -0.15) is 5.10 Å². The Bertz CT molecular complexity index is 755. The Labute approximate surface area is 159 Å². The van der Waals surface area contributed by atoms with E-state index in [9.17, 15) is 4.79 Å². The molecule has 27 heavy (non-hydrogen) atoms. The third-order valence-corrected chi connectivity index (χ3v) is 4.94. The number of amides is 2. The summed E-state index contributed by atoms with van der Waals surface area (Å²) in [5.74, 6) is 0.747. The highest BCUT2D eigenvalue weighted by Gasteiger charge is 2.23. The van der Waals surface area contributed by atoms with Gasteiger partial charge in [-0.3, -0.25) is 19.9 Å². The summed E-state index contributed by atoms with van der Waals surface area (Å²) in [7, 11) is 1.84. The minimum absolute atomic E-state index is 0.0623. The van der Waals surface area contributed by atoms with Crippen LogP contribution in [0.5, 0.6) is 0 Å². The van der Waals surface area contributed by atoms with Gasteiger partial charge in [-0.15, -0.1) is 0 Å². The van der Waals surface area contributed by atoms with Crippen LogP contribution in [0.4, 0.5) is 10.6 Å². The van der Waals surface area contributed by atoms with Gasteiger partial charge >= 0.3 is 6.03 Å². The molecule has 2 N–H and O–H groups in total. The fourth-order valence-corrected chi connectivity index (χ4v) is 3.54. The van der Waals surface area contributed by atoms with Crippen LogP contribution in [0.15, 0.2) is 24.5 Å². The molecule has 1 saturated heterocycles. The Morgan fingerprint density at radius 2 is 2.15 bits per heavy atom. The summed E-state index contributed by atoms with van der Waals surface area (Å²) >= 11 is 0. The maximum Gasteiger partial charge on any atom is 0.320 e. The quantitative estimate of drug-likeness (QED) is 0.809. The highest BCUT2D eigenvalue weighted by atomic mass is 16.5. The molecule has 1 aliphatic rings. The predicted octanol–water partition coefficient (Wildman–Crippen LogP) is 1.88. The van der Waals surface area contributed by atoms with Crippen LogP contribution in [0, 0.1) is 6.92 Å². The number of hydrogen-bond acceptors (Lipinski definition) is 5. The molecule has 3 heterocycles. The van der Waals surface area contributed by atoms with Crippen LogP contribution in [-0.2, 0) is 18.2 Å². The van der Waals surface area contributed by atoms with Crippen molar-refractivity contribution >= 4 is 11.8 Å². The fourth-order valence-electron chi connectivity index (χ4n) is 3.54. The number of morpholine rings is 1. The molecule has 0 bridgehead atoms.